The van der Waals surface area contributed by atoms with Crippen LogP contribution in [0.4, 0.5) is 17.6 Å². The Hall–Kier alpha value is -1.30. The monoisotopic (exact) mass is 279 g/mol. The van der Waals surface area contributed by atoms with Gasteiger partial charge in [0, 0.05) is 6.04 Å². The maximum Gasteiger partial charge on any atom is 0.390 e. The number of likely N-dealkylation sites (N-methyl/N-ethyl adjacent to an activating group) is 1. The Morgan fingerprint density at radius 3 is 2.53 bits per heavy atom. The molecule has 0 aliphatic rings. The number of nitrogens with one attached hydrogen (secondary N) is 1. The Bertz CT molecular complexity index is 406. The number of methoxy groups -OCH3 is 1. The maximum atomic E-state index is 13.9. The molecule has 0 saturated carbocycles. The minimum Gasteiger partial charge on any atom is -0.494 e. The number of hydrogen-bond acceptors (Lipinski definition) is 2. The highest BCUT2D eigenvalue weighted by atomic mass is 19.4. The van der Waals surface area contributed by atoms with Gasteiger partial charge in [0.15, 0.2) is 11.6 Å². The molecular weight excluding hydrogens is 262 g/mol. The topological polar surface area (TPSA) is 21.3 Å². The minimum atomic E-state index is -4.28. The third kappa shape index (κ3) is 5.06. The van der Waals surface area contributed by atoms with Gasteiger partial charge in [-0.1, -0.05) is 19.1 Å². The first-order chi connectivity index (χ1) is 8.87. The van der Waals surface area contributed by atoms with Crippen molar-refractivity contribution in [2.24, 2.45) is 0 Å². The molecule has 0 aromatic heterocycles. The van der Waals surface area contributed by atoms with Crippen molar-refractivity contribution in [2.75, 3.05) is 13.7 Å². The fourth-order valence-electron chi connectivity index (χ4n) is 1.92. The predicted octanol–water partition coefficient (Wildman–Crippen LogP) is 3.31. The molecule has 19 heavy (non-hydrogen) atoms. The number of benzene rings is 1. The summed E-state index contributed by atoms with van der Waals surface area (Å²) >= 11 is 0. The summed E-state index contributed by atoms with van der Waals surface area (Å²) in [6.07, 6.45) is -5.30. The van der Waals surface area contributed by atoms with E-state index < -0.39 is 24.5 Å². The van der Waals surface area contributed by atoms with E-state index in [0.717, 1.165) is 0 Å². The molecule has 2 nitrogen and oxygen atoms in total. The Balaban J connectivity index is 2.84. The first-order valence-corrected chi connectivity index (χ1v) is 5.99. The van der Waals surface area contributed by atoms with E-state index >= 15 is 0 Å². The number of rotatable bonds is 6. The molecule has 6 heteroatoms. The summed E-state index contributed by atoms with van der Waals surface area (Å²) in [5, 5.41) is 2.72. The molecule has 0 aliphatic carbocycles. The van der Waals surface area contributed by atoms with Gasteiger partial charge in [-0.15, -0.1) is 0 Å². The molecule has 1 N–H and O–H groups in total. The molecule has 1 aromatic rings. The maximum absolute atomic E-state index is 13.9. The van der Waals surface area contributed by atoms with Crippen LogP contribution in [0, 0.1) is 5.82 Å². The molecule has 1 rings (SSSR count). The van der Waals surface area contributed by atoms with Crippen LogP contribution >= 0.6 is 0 Å². The van der Waals surface area contributed by atoms with Crippen molar-refractivity contribution in [1.82, 2.24) is 5.32 Å². The molecule has 1 unspecified atom stereocenters. The van der Waals surface area contributed by atoms with Crippen molar-refractivity contribution in [1.29, 1.82) is 0 Å². The highest BCUT2D eigenvalue weighted by Crippen LogP contribution is 2.26. The lowest BCUT2D eigenvalue weighted by Crippen LogP contribution is -2.35. The molecule has 0 saturated heterocycles. The van der Waals surface area contributed by atoms with Crippen LogP contribution in [0.1, 0.15) is 18.9 Å². The van der Waals surface area contributed by atoms with Crippen molar-refractivity contribution in [2.45, 2.75) is 32.0 Å². The molecule has 108 valence electrons. The average molecular weight is 279 g/mol. The Morgan fingerprint density at radius 2 is 2.00 bits per heavy atom. The molecule has 0 amide bonds. The second-order valence-corrected chi connectivity index (χ2v) is 4.21. The molecule has 0 bridgehead atoms. The highest BCUT2D eigenvalue weighted by Gasteiger charge is 2.32. The number of halogens is 4. The van der Waals surface area contributed by atoms with Crippen LogP contribution in [-0.2, 0) is 6.42 Å². The van der Waals surface area contributed by atoms with Gasteiger partial charge in [-0.05, 0) is 24.6 Å². The van der Waals surface area contributed by atoms with Gasteiger partial charge in [0.25, 0.3) is 0 Å². The summed E-state index contributed by atoms with van der Waals surface area (Å²) in [4.78, 5) is 0. The van der Waals surface area contributed by atoms with E-state index in [0.29, 0.717) is 6.54 Å². The quantitative estimate of drug-likeness (QED) is 0.807. The zero-order chi connectivity index (χ0) is 14.5. The largest absolute Gasteiger partial charge is 0.494 e. The molecule has 0 spiro atoms. The lowest BCUT2D eigenvalue weighted by molar-refractivity contribution is -0.139. The summed E-state index contributed by atoms with van der Waals surface area (Å²) in [5.74, 6) is -0.560. The molecule has 0 fully saturated rings. The second-order valence-electron chi connectivity index (χ2n) is 4.21. The van der Waals surface area contributed by atoms with Crippen molar-refractivity contribution in [3.05, 3.63) is 29.6 Å². The Morgan fingerprint density at radius 1 is 1.32 bits per heavy atom. The zero-order valence-electron chi connectivity index (χ0n) is 10.9. The lowest BCUT2D eigenvalue weighted by atomic mass is 10.0. The van der Waals surface area contributed by atoms with E-state index in [1.807, 2.05) is 0 Å². The van der Waals surface area contributed by atoms with E-state index in [-0.39, 0.29) is 17.7 Å². The first-order valence-electron chi connectivity index (χ1n) is 5.99. The van der Waals surface area contributed by atoms with Gasteiger partial charge in [-0.2, -0.15) is 13.2 Å². The molecular formula is C13H17F4NO. The lowest BCUT2D eigenvalue weighted by Gasteiger charge is -2.20. The third-order valence-corrected chi connectivity index (χ3v) is 2.70. The minimum absolute atomic E-state index is 0.0314. The smallest absolute Gasteiger partial charge is 0.390 e. The van der Waals surface area contributed by atoms with E-state index in [1.165, 1.54) is 19.2 Å². The zero-order valence-corrected chi connectivity index (χ0v) is 10.9. The van der Waals surface area contributed by atoms with E-state index in [9.17, 15) is 17.6 Å². The van der Waals surface area contributed by atoms with Gasteiger partial charge in [-0.25, -0.2) is 4.39 Å². The standard InChI is InChI=1S/C13H17F4NO/c1-3-18-10(8-13(15,16)17)7-9-5-4-6-11(19-2)12(9)14/h4-6,10,18H,3,7-8H2,1-2H3. The average Bonchev–Trinajstić information content (AvgIpc) is 2.30. The van der Waals surface area contributed by atoms with Gasteiger partial charge in [0.2, 0.25) is 0 Å². The second kappa shape index (κ2) is 6.75. The number of alkyl halides is 3. The predicted molar refractivity (Wildman–Crippen MR) is 64.8 cm³/mol. The van der Waals surface area contributed by atoms with Gasteiger partial charge < -0.3 is 10.1 Å². The first kappa shape index (κ1) is 15.8. The van der Waals surface area contributed by atoms with E-state index in [1.54, 1.807) is 13.0 Å². The third-order valence-electron chi connectivity index (χ3n) is 2.70. The van der Waals surface area contributed by atoms with Crippen LogP contribution in [0.15, 0.2) is 18.2 Å². The van der Waals surface area contributed by atoms with Gasteiger partial charge in [-0.3, -0.25) is 0 Å². The molecule has 1 aromatic carbocycles. The normalized spacial score (nSPS) is 13.4. The molecule has 0 radical (unpaired) electrons. The number of ether oxygens (including phenoxy) is 1. The van der Waals surface area contributed by atoms with E-state index in [2.05, 4.69) is 5.32 Å². The summed E-state index contributed by atoms with van der Waals surface area (Å²) in [7, 11) is 1.32. The fourth-order valence-corrected chi connectivity index (χ4v) is 1.92. The van der Waals surface area contributed by atoms with E-state index in [4.69, 9.17) is 4.74 Å². The van der Waals surface area contributed by atoms with Crippen LogP contribution in [0.3, 0.4) is 0 Å². The van der Waals surface area contributed by atoms with Crippen molar-refractivity contribution in [3.63, 3.8) is 0 Å². The molecule has 0 heterocycles. The summed E-state index contributed by atoms with van der Waals surface area (Å²) in [5.41, 5.74) is 0.217. The van der Waals surface area contributed by atoms with Crippen LogP contribution in [0.2, 0.25) is 0 Å². The number of hydrogen-bond donors (Lipinski definition) is 1. The SMILES string of the molecule is CCNC(Cc1cccc(OC)c1F)CC(F)(F)F. The molecule has 1 atom stereocenters. The summed E-state index contributed by atoms with van der Waals surface area (Å²) < 4.78 is 55.9. The fraction of sp³-hybridized carbons (Fsp3) is 0.538. The Labute approximate surface area is 109 Å². The van der Waals surface area contributed by atoms with Crippen molar-refractivity contribution in [3.8, 4) is 5.75 Å². The van der Waals surface area contributed by atoms with Crippen molar-refractivity contribution >= 4 is 0 Å². The molecule has 0 aliphatic heterocycles. The summed E-state index contributed by atoms with van der Waals surface area (Å²) in [6.45, 7) is 2.11. The Kier molecular flexibility index (Phi) is 5.60. The highest BCUT2D eigenvalue weighted by molar-refractivity contribution is 5.31. The van der Waals surface area contributed by atoms with Crippen LogP contribution < -0.4 is 10.1 Å². The van der Waals surface area contributed by atoms with Gasteiger partial charge >= 0.3 is 6.18 Å². The van der Waals surface area contributed by atoms with Gasteiger partial charge in [0.05, 0.1) is 13.5 Å². The van der Waals surface area contributed by atoms with Gasteiger partial charge in [0.1, 0.15) is 0 Å². The van der Waals surface area contributed by atoms with Crippen LogP contribution in [-0.4, -0.2) is 25.9 Å². The van der Waals surface area contributed by atoms with Crippen LogP contribution in [0.25, 0.3) is 0 Å². The summed E-state index contributed by atoms with van der Waals surface area (Å²) in [6, 6.07) is 3.63. The van der Waals surface area contributed by atoms with Crippen LogP contribution in [0.5, 0.6) is 5.75 Å². The van der Waals surface area contributed by atoms with Crippen molar-refractivity contribution < 1.29 is 22.3 Å².